The molecule has 1 aliphatic carbocycles. The van der Waals surface area contributed by atoms with Crippen LogP contribution in [0.15, 0.2) is 12.1 Å². The Morgan fingerprint density at radius 3 is 2.35 bits per heavy atom. The second-order valence-electron chi connectivity index (χ2n) is 5.52. The zero-order valence-corrected chi connectivity index (χ0v) is 11.8. The van der Waals surface area contributed by atoms with Crippen LogP contribution in [-0.2, 0) is 16.1 Å². The molecule has 1 saturated carbocycles. The number of benzene rings is 1. The van der Waals surface area contributed by atoms with Crippen LogP contribution >= 0.6 is 0 Å². The van der Waals surface area contributed by atoms with E-state index in [1.165, 1.54) is 13.2 Å². The van der Waals surface area contributed by atoms with Gasteiger partial charge >= 0.3 is 5.97 Å². The van der Waals surface area contributed by atoms with E-state index in [0.29, 0.717) is 24.0 Å². The summed E-state index contributed by atoms with van der Waals surface area (Å²) in [5, 5.41) is 9.50. The first-order valence-corrected chi connectivity index (χ1v) is 6.53. The van der Waals surface area contributed by atoms with E-state index in [-0.39, 0.29) is 11.3 Å². The fourth-order valence-electron chi connectivity index (χ4n) is 2.80. The van der Waals surface area contributed by atoms with Gasteiger partial charge in [0.15, 0.2) is 0 Å². The molecule has 0 unspecified atom stereocenters. The van der Waals surface area contributed by atoms with Crippen LogP contribution in [0.3, 0.4) is 0 Å². The highest BCUT2D eigenvalue weighted by Gasteiger charge is 2.49. The van der Waals surface area contributed by atoms with Gasteiger partial charge in [-0.2, -0.15) is 0 Å². The van der Waals surface area contributed by atoms with Gasteiger partial charge in [0, 0.05) is 12.5 Å². The maximum atomic E-state index is 13.7. The summed E-state index contributed by atoms with van der Waals surface area (Å²) in [6.45, 7) is 2.48. The highest BCUT2D eigenvalue weighted by Crippen LogP contribution is 2.50. The van der Waals surface area contributed by atoms with E-state index >= 15 is 0 Å². The van der Waals surface area contributed by atoms with Crippen LogP contribution < -0.4 is 4.74 Å². The number of aliphatic carboxylic acids is 1. The molecule has 0 heterocycles. The lowest BCUT2D eigenvalue weighted by Gasteiger charge is -2.39. The number of ether oxygens (including phenoxy) is 1. The van der Waals surface area contributed by atoms with E-state index in [1.54, 1.807) is 13.0 Å². The standard InChI is InChI=1S/C15H18F2O3/c1-9-7-10(14(2,16)17)12(20-3)11(8-9)15(13(18)19)5-4-6-15/h7-8H,4-6H2,1-3H3,(H,18,19). The number of rotatable bonds is 4. The Morgan fingerprint density at radius 2 is 2.00 bits per heavy atom. The quantitative estimate of drug-likeness (QED) is 0.918. The van der Waals surface area contributed by atoms with E-state index in [4.69, 9.17) is 4.74 Å². The van der Waals surface area contributed by atoms with Crippen LogP contribution in [-0.4, -0.2) is 18.2 Å². The predicted octanol–water partition coefficient (Wildman–Crippen LogP) is 3.62. The third-order valence-corrected chi connectivity index (χ3v) is 4.04. The third kappa shape index (κ3) is 2.15. The van der Waals surface area contributed by atoms with Crippen LogP contribution in [0.25, 0.3) is 0 Å². The lowest BCUT2D eigenvalue weighted by Crippen LogP contribution is -2.43. The zero-order valence-electron chi connectivity index (χ0n) is 11.8. The normalized spacial score (nSPS) is 17.4. The van der Waals surface area contributed by atoms with E-state index < -0.39 is 17.3 Å². The van der Waals surface area contributed by atoms with Gasteiger partial charge in [0.25, 0.3) is 5.92 Å². The molecule has 0 saturated heterocycles. The van der Waals surface area contributed by atoms with Crippen molar-refractivity contribution in [3.63, 3.8) is 0 Å². The first-order chi connectivity index (χ1) is 9.22. The molecule has 2 rings (SSSR count). The second kappa shape index (κ2) is 4.72. The molecule has 0 aliphatic heterocycles. The molecule has 110 valence electrons. The minimum atomic E-state index is -3.07. The summed E-state index contributed by atoms with van der Waals surface area (Å²) >= 11 is 0. The number of halogens is 2. The summed E-state index contributed by atoms with van der Waals surface area (Å²) in [5.74, 6) is -4.04. The molecule has 1 N–H and O–H groups in total. The van der Waals surface area contributed by atoms with Crippen molar-refractivity contribution in [3.05, 3.63) is 28.8 Å². The fraction of sp³-hybridized carbons (Fsp3) is 0.533. The van der Waals surface area contributed by atoms with E-state index in [1.807, 2.05) is 0 Å². The van der Waals surface area contributed by atoms with Gasteiger partial charge in [0.1, 0.15) is 5.75 Å². The number of carboxylic acid groups (broad SMARTS) is 1. The molecule has 5 heteroatoms. The van der Waals surface area contributed by atoms with Gasteiger partial charge in [-0.05, 0) is 25.8 Å². The molecule has 0 amide bonds. The fourth-order valence-corrected chi connectivity index (χ4v) is 2.80. The van der Waals surface area contributed by atoms with E-state index in [0.717, 1.165) is 13.3 Å². The SMILES string of the molecule is COc1c(C(C)(F)F)cc(C)cc1C1(C(=O)O)CCC1. The molecule has 0 aromatic heterocycles. The molecule has 0 atom stereocenters. The average molecular weight is 284 g/mol. The third-order valence-electron chi connectivity index (χ3n) is 4.04. The molecule has 0 bridgehead atoms. The van der Waals surface area contributed by atoms with Crippen LogP contribution in [0, 0.1) is 6.92 Å². The first kappa shape index (κ1) is 14.8. The summed E-state index contributed by atoms with van der Waals surface area (Å²) in [6, 6.07) is 3.01. The van der Waals surface area contributed by atoms with Crippen molar-refractivity contribution < 1.29 is 23.4 Å². The van der Waals surface area contributed by atoms with Gasteiger partial charge in [0.2, 0.25) is 0 Å². The van der Waals surface area contributed by atoms with Crippen molar-refractivity contribution in [1.82, 2.24) is 0 Å². The predicted molar refractivity (Wildman–Crippen MR) is 70.5 cm³/mol. The summed E-state index contributed by atoms with van der Waals surface area (Å²) in [5.41, 5.74) is -0.347. The van der Waals surface area contributed by atoms with Crippen LogP contribution in [0.4, 0.5) is 8.78 Å². The number of hydrogen-bond acceptors (Lipinski definition) is 2. The Balaban J connectivity index is 2.70. The molecular formula is C15H18F2O3. The Kier molecular flexibility index (Phi) is 3.48. The van der Waals surface area contributed by atoms with Gasteiger partial charge in [0.05, 0.1) is 18.1 Å². The monoisotopic (exact) mass is 284 g/mol. The zero-order chi connectivity index (χ0) is 15.1. The average Bonchev–Trinajstić information content (AvgIpc) is 2.25. The number of methoxy groups -OCH3 is 1. The van der Waals surface area contributed by atoms with E-state index in [9.17, 15) is 18.7 Å². The molecule has 0 radical (unpaired) electrons. The molecule has 0 spiro atoms. The Morgan fingerprint density at radius 1 is 1.40 bits per heavy atom. The van der Waals surface area contributed by atoms with Crippen molar-refractivity contribution in [1.29, 1.82) is 0 Å². The first-order valence-electron chi connectivity index (χ1n) is 6.53. The topological polar surface area (TPSA) is 46.5 Å². The molecule has 3 nitrogen and oxygen atoms in total. The molecule has 1 aromatic carbocycles. The van der Waals surface area contributed by atoms with Crippen molar-refractivity contribution in [3.8, 4) is 5.75 Å². The van der Waals surface area contributed by atoms with Gasteiger partial charge in [-0.15, -0.1) is 0 Å². The minimum Gasteiger partial charge on any atom is -0.496 e. The lowest BCUT2D eigenvalue weighted by molar-refractivity contribution is -0.147. The number of carboxylic acids is 1. The highest BCUT2D eigenvalue weighted by molar-refractivity contribution is 5.84. The maximum Gasteiger partial charge on any atom is 0.314 e. The Labute approximate surface area is 116 Å². The van der Waals surface area contributed by atoms with E-state index in [2.05, 4.69) is 0 Å². The smallest absolute Gasteiger partial charge is 0.314 e. The summed E-state index contributed by atoms with van der Waals surface area (Å²) in [6.07, 6.45) is 1.69. The largest absolute Gasteiger partial charge is 0.496 e. The minimum absolute atomic E-state index is 0.00481. The molecule has 1 aromatic rings. The number of hydrogen-bond donors (Lipinski definition) is 1. The Bertz CT molecular complexity index is 543. The maximum absolute atomic E-state index is 13.7. The molecule has 1 fully saturated rings. The molecule has 1 aliphatic rings. The van der Waals surface area contributed by atoms with Crippen LogP contribution in [0.1, 0.15) is 42.9 Å². The van der Waals surface area contributed by atoms with Crippen LogP contribution in [0.2, 0.25) is 0 Å². The van der Waals surface area contributed by atoms with Crippen molar-refractivity contribution in [2.45, 2.75) is 44.4 Å². The van der Waals surface area contributed by atoms with Gasteiger partial charge in [-0.1, -0.05) is 18.1 Å². The highest BCUT2D eigenvalue weighted by atomic mass is 19.3. The summed E-state index contributed by atoms with van der Waals surface area (Å²) < 4.78 is 32.6. The van der Waals surface area contributed by atoms with Gasteiger partial charge < -0.3 is 9.84 Å². The van der Waals surface area contributed by atoms with Crippen molar-refractivity contribution in [2.75, 3.05) is 7.11 Å². The lowest BCUT2D eigenvalue weighted by atomic mass is 9.63. The number of alkyl halides is 2. The van der Waals surface area contributed by atoms with Crippen LogP contribution in [0.5, 0.6) is 5.75 Å². The Hall–Kier alpha value is -1.65. The molecule has 20 heavy (non-hydrogen) atoms. The van der Waals surface area contributed by atoms with Crippen molar-refractivity contribution >= 4 is 5.97 Å². The van der Waals surface area contributed by atoms with Gasteiger partial charge in [-0.25, -0.2) is 8.78 Å². The summed E-state index contributed by atoms with van der Waals surface area (Å²) in [4.78, 5) is 11.6. The number of aryl methyl sites for hydroxylation is 1. The summed E-state index contributed by atoms with van der Waals surface area (Å²) in [7, 11) is 1.30. The molecular weight excluding hydrogens is 266 g/mol. The van der Waals surface area contributed by atoms with Gasteiger partial charge in [-0.3, -0.25) is 4.79 Å². The second-order valence-corrected chi connectivity index (χ2v) is 5.52. The van der Waals surface area contributed by atoms with Crippen molar-refractivity contribution in [2.24, 2.45) is 0 Å². The number of carbonyl (C=O) groups is 1.